The van der Waals surface area contributed by atoms with Gasteiger partial charge in [0.25, 0.3) is 0 Å². The van der Waals surface area contributed by atoms with Crippen LogP contribution in [0.2, 0.25) is 0 Å². The van der Waals surface area contributed by atoms with Crippen LogP contribution in [-0.4, -0.2) is 17.3 Å². The summed E-state index contributed by atoms with van der Waals surface area (Å²) >= 11 is 0. The number of anilines is 2. The van der Waals surface area contributed by atoms with Crippen LogP contribution in [0.4, 0.5) is 11.5 Å². The molecule has 6 nitrogen and oxygen atoms in total. The van der Waals surface area contributed by atoms with Gasteiger partial charge in [-0.15, -0.1) is 0 Å². The predicted molar refractivity (Wildman–Crippen MR) is 63.8 cm³/mol. The minimum atomic E-state index is 0.502. The molecular formula is C11H14N4O2. The zero-order chi connectivity index (χ0) is 12.3. The molecule has 2 aromatic heterocycles. The second-order valence-corrected chi connectivity index (χ2v) is 3.57. The molecule has 0 spiro atoms. The Hall–Kier alpha value is -2.24. The molecule has 0 fully saturated rings. The Labute approximate surface area is 98.8 Å². The molecule has 0 saturated carbocycles. The monoisotopic (exact) mass is 234 g/mol. The van der Waals surface area contributed by atoms with Crippen molar-refractivity contribution in [2.24, 2.45) is 0 Å². The molecule has 0 aromatic carbocycles. The summed E-state index contributed by atoms with van der Waals surface area (Å²) < 4.78 is 9.99. The van der Waals surface area contributed by atoms with E-state index in [0.29, 0.717) is 23.9 Å². The van der Waals surface area contributed by atoms with Gasteiger partial charge in [-0.1, -0.05) is 5.16 Å². The standard InChI is InChI=1S/C11H14N4O2/c1-7-5-8(15-17-7)6-13-11-9(12)3-4-10(14-11)16-2/h3-5H,6,12H2,1-2H3,(H,13,14). The van der Waals surface area contributed by atoms with Crippen molar-refractivity contribution in [3.05, 3.63) is 29.7 Å². The van der Waals surface area contributed by atoms with Crippen LogP contribution in [-0.2, 0) is 6.54 Å². The van der Waals surface area contributed by atoms with Crippen molar-refractivity contribution in [3.8, 4) is 5.88 Å². The molecule has 2 rings (SSSR count). The van der Waals surface area contributed by atoms with Gasteiger partial charge in [-0.25, -0.2) is 0 Å². The fourth-order valence-electron chi connectivity index (χ4n) is 1.38. The number of nitrogens with zero attached hydrogens (tertiary/aromatic N) is 2. The summed E-state index contributed by atoms with van der Waals surface area (Å²) in [5, 5.41) is 6.94. The van der Waals surface area contributed by atoms with Crippen LogP contribution in [0.15, 0.2) is 22.7 Å². The third-order valence-electron chi connectivity index (χ3n) is 2.22. The topological polar surface area (TPSA) is 86.2 Å². The number of hydrogen-bond acceptors (Lipinski definition) is 6. The summed E-state index contributed by atoms with van der Waals surface area (Å²) in [4.78, 5) is 4.20. The largest absolute Gasteiger partial charge is 0.481 e. The summed E-state index contributed by atoms with van der Waals surface area (Å²) in [5.74, 6) is 1.86. The van der Waals surface area contributed by atoms with E-state index in [1.54, 1.807) is 19.2 Å². The minimum Gasteiger partial charge on any atom is -0.481 e. The van der Waals surface area contributed by atoms with E-state index in [-0.39, 0.29) is 0 Å². The predicted octanol–water partition coefficient (Wildman–Crippen LogP) is 1.58. The molecule has 0 aliphatic heterocycles. The van der Waals surface area contributed by atoms with E-state index in [0.717, 1.165) is 11.5 Å². The zero-order valence-electron chi connectivity index (χ0n) is 9.73. The van der Waals surface area contributed by atoms with Crippen molar-refractivity contribution >= 4 is 11.5 Å². The molecule has 0 amide bonds. The van der Waals surface area contributed by atoms with E-state index in [1.165, 1.54) is 0 Å². The number of hydrogen-bond donors (Lipinski definition) is 2. The van der Waals surface area contributed by atoms with Crippen molar-refractivity contribution in [1.82, 2.24) is 10.1 Å². The number of aryl methyl sites for hydroxylation is 1. The number of nitrogen functional groups attached to an aromatic ring is 1. The van der Waals surface area contributed by atoms with Crippen LogP contribution < -0.4 is 15.8 Å². The molecule has 3 N–H and O–H groups in total. The first-order valence-electron chi connectivity index (χ1n) is 5.15. The fourth-order valence-corrected chi connectivity index (χ4v) is 1.38. The van der Waals surface area contributed by atoms with Crippen LogP contribution in [0, 0.1) is 6.92 Å². The first kappa shape index (κ1) is 11.3. The molecule has 6 heteroatoms. The Morgan fingerprint density at radius 3 is 2.94 bits per heavy atom. The molecule has 2 heterocycles. The highest BCUT2D eigenvalue weighted by atomic mass is 16.5. The normalized spacial score (nSPS) is 10.2. The molecule has 2 aromatic rings. The molecule has 90 valence electrons. The number of aromatic nitrogens is 2. The fraction of sp³-hybridized carbons (Fsp3) is 0.273. The summed E-state index contributed by atoms with van der Waals surface area (Å²) in [6, 6.07) is 5.30. The van der Waals surface area contributed by atoms with Crippen LogP contribution in [0.5, 0.6) is 5.88 Å². The Morgan fingerprint density at radius 1 is 1.47 bits per heavy atom. The van der Waals surface area contributed by atoms with Gasteiger partial charge in [0.1, 0.15) is 11.5 Å². The summed E-state index contributed by atoms with van der Waals surface area (Å²) in [6.07, 6.45) is 0. The van der Waals surface area contributed by atoms with E-state index < -0.39 is 0 Å². The number of ether oxygens (including phenoxy) is 1. The highest BCUT2D eigenvalue weighted by Gasteiger charge is 2.05. The van der Waals surface area contributed by atoms with Gasteiger partial charge in [-0.05, 0) is 13.0 Å². The van der Waals surface area contributed by atoms with Gasteiger partial charge in [-0.2, -0.15) is 4.98 Å². The first-order valence-corrected chi connectivity index (χ1v) is 5.15. The maximum atomic E-state index is 5.79. The Bertz CT molecular complexity index is 510. The molecule has 0 radical (unpaired) electrons. The van der Waals surface area contributed by atoms with Gasteiger partial charge in [0, 0.05) is 12.1 Å². The van der Waals surface area contributed by atoms with Gasteiger partial charge in [0.05, 0.1) is 19.3 Å². The van der Waals surface area contributed by atoms with E-state index in [1.807, 2.05) is 13.0 Å². The number of pyridine rings is 1. The van der Waals surface area contributed by atoms with E-state index in [2.05, 4.69) is 15.5 Å². The Kier molecular flexibility index (Phi) is 3.13. The molecular weight excluding hydrogens is 220 g/mol. The van der Waals surface area contributed by atoms with Crippen molar-refractivity contribution in [1.29, 1.82) is 0 Å². The molecule has 0 bridgehead atoms. The van der Waals surface area contributed by atoms with Crippen LogP contribution >= 0.6 is 0 Å². The molecule has 0 unspecified atom stereocenters. The van der Waals surface area contributed by atoms with Crippen LogP contribution in [0.1, 0.15) is 11.5 Å². The van der Waals surface area contributed by atoms with Crippen molar-refractivity contribution in [2.75, 3.05) is 18.2 Å². The summed E-state index contributed by atoms with van der Waals surface area (Å²) in [5.41, 5.74) is 7.15. The SMILES string of the molecule is COc1ccc(N)c(NCc2cc(C)on2)n1. The van der Waals surface area contributed by atoms with Gasteiger partial charge in [0.15, 0.2) is 5.82 Å². The second-order valence-electron chi connectivity index (χ2n) is 3.57. The smallest absolute Gasteiger partial charge is 0.215 e. The van der Waals surface area contributed by atoms with E-state index in [9.17, 15) is 0 Å². The van der Waals surface area contributed by atoms with Gasteiger partial charge in [-0.3, -0.25) is 0 Å². The van der Waals surface area contributed by atoms with Gasteiger partial charge < -0.3 is 20.3 Å². The lowest BCUT2D eigenvalue weighted by Gasteiger charge is -2.08. The lowest BCUT2D eigenvalue weighted by molar-refractivity contribution is 0.391. The average Bonchev–Trinajstić information content (AvgIpc) is 2.74. The molecule has 0 saturated heterocycles. The molecule has 17 heavy (non-hydrogen) atoms. The summed E-state index contributed by atoms with van der Waals surface area (Å²) in [6.45, 7) is 2.34. The lowest BCUT2D eigenvalue weighted by Crippen LogP contribution is -2.05. The Morgan fingerprint density at radius 2 is 2.29 bits per heavy atom. The van der Waals surface area contributed by atoms with Gasteiger partial charge in [0.2, 0.25) is 5.88 Å². The van der Waals surface area contributed by atoms with E-state index in [4.69, 9.17) is 15.0 Å². The van der Waals surface area contributed by atoms with Crippen molar-refractivity contribution in [3.63, 3.8) is 0 Å². The number of nitrogens with one attached hydrogen (secondary N) is 1. The minimum absolute atomic E-state index is 0.502. The number of methoxy groups -OCH3 is 1. The summed E-state index contributed by atoms with van der Waals surface area (Å²) in [7, 11) is 1.56. The van der Waals surface area contributed by atoms with Crippen LogP contribution in [0.25, 0.3) is 0 Å². The molecule has 0 aliphatic rings. The number of nitrogens with two attached hydrogens (primary N) is 1. The molecule has 0 aliphatic carbocycles. The highest BCUT2D eigenvalue weighted by molar-refractivity contribution is 5.61. The van der Waals surface area contributed by atoms with Crippen molar-refractivity contribution < 1.29 is 9.26 Å². The lowest BCUT2D eigenvalue weighted by atomic mass is 10.3. The average molecular weight is 234 g/mol. The third kappa shape index (κ3) is 2.66. The highest BCUT2D eigenvalue weighted by Crippen LogP contribution is 2.20. The quantitative estimate of drug-likeness (QED) is 0.835. The van der Waals surface area contributed by atoms with E-state index >= 15 is 0 Å². The first-order chi connectivity index (χ1) is 8.19. The zero-order valence-corrected chi connectivity index (χ0v) is 9.73. The number of rotatable bonds is 4. The second kappa shape index (κ2) is 4.73. The van der Waals surface area contributed by atoms with Crippen LogP contribution in [0.3, 0.4) is 0 Å². The van der Waals surface area contributed by atoms with Gasteiger partial charge >= 0.3 is 0 Å². The molecule has 0 atom stereocenters. The maximum Gasteiger partial charge on any atom is 0.215 e. The third-order valence-corrected chi connectivity index (χ3v) is 2.22. The Balaban J connectivity index is 2.07. The van der Waals surface area contributed by atoms with Crippen molar-refractivity contribution in [2.45, 2.75) is 13.5 Å². The maximum absolute atomic E-state index is 5.79.